The fraction of sp³-hybridized carbons (Fsp3) is 0.381. The van der Waals surface area contributed by atoms with E-state index in [1.54, 1.807) is 20.8 Å². The number of sulfone groups is 1. The number of nitrogens with one attached hydrogen (secondary N) is 2. The third kappa shape index (κ3) is 7.79. The van der Waals surface area contributed by atoms with Crippen LogP contribution >= 0.6 is 24.0 Å². The molecule has 0 saturated carbocycles. The largest absolute Gasteiger partial charge is 0.355 e. The van der Waals surface area contributed by atoms with Gasteiger partial charge in [0, 0.05) is 12.2 Å². The van der Waals surface area contributed by atoms with Crippen molar-refractivity contribution >= 4 is 45.5 Å². The quantitative estimate of drug-likeness (QED) is 0.340. The van der Waals surface area contributed by atoms with Crippen LogP contribution in [0.4, 0.5) is 5.69 Å². The highest BCUT2D eigenvalue weighted by molar-refractivity contribution is 14.0. The average molecular weight is 515 g/mol. The lowest BCUT2D eigenvalue weighted by molar-refractivity contribution is 0.559. The zero-order chi connectivity index (χ0) is 19.9. The summed E-state index contributed by atoms with van der Waals surface area (Å²) < 4.78 is 23.8. The molecule has 0 spiro atoms. The summed E-state index contributed by atoms with van der Waals surface area (Å²) in [5.74, 6) is 0.613. The Bertz CT molecular complexity index is 859. The van der Waals surface area contributed by atoms with Crippen LogP contribution in [0.1, 0.15) is 31.9 Å². The number of halogens is 1. The van der Waals surface area contributed by atoms with Gasteiger partial charge in [0.1, 0.15) is 0 Å². The molecule has 0 aliphatic heterocycles. The van der Waals surface area contributed by atoms with Gasteiger partial charge in [-0.3, -0.25) is 0 Å². The zero-order valence-corrected chi connectivity index (χ0v) is 20.0. The molecule has 2 aromatic carbocycles. The monoisotopic (exact) mass is 515 g/mol. The normalized spacial score (nSPS) is 12.2. The second-order valence-electron chi connectivity index (χ2n) is 7.50. The highest BCUT2D eigenvalue weighted by Gasteiger charge is 2.28. The molecular formula is C21H30IN3O2S. The number of para-hydroxylation sites is 1. The van der Waals surface area contributed by atoms with Crippen LogP contribution in [-0.2, 0) is 16.4 Å². The van der Waals surface area contributed by atoms with Crippen LogP contribution < -0.4 is 10.6 Å². The molecule has 2 N–H and O–H groups in total. The Balaban J connectivity index is 0.00000392. The minimum atomic E-state index is -3.18. The highest BCUT2D eigenvalue weighted by atomic mass is 127. The number of hydrogen-bond acceptors (Lipinski definition) is 3. The minimum Gasteiger partial charge on any atom is -0.355 e. The van der Waals surface area contributed by atoms with Crippen LogP contribution in [0.3, 0.4) is 0 Å². The summed E-state index contributed by atoms with van der Waals surface area (Å²) in [6.07, 6.45) is 0. The number of rotatable bonds is 6. The van der Waals surface area contributed by atoms with Gasteiger partial charge in [-0.15, -0.1) is 24.0 Å². The fourth-order valence-electron chi connectivity index (χ4n) is 2.27. The topological polar surface area (TPSA) is 70.6 Å². The van der Waals surface area contributed by atoms with E-state index in [4.69, 9.17) is 0 Å². The van der Waals surface area contributed by atoms with Gasteiger partial charge >= 0.3 is 0 Å². The van der Waals surface area contributed by atoms with Crippen LogP contribution in [0.5, 0.6) is 0 Å². The number of aryl methyl sites for hydroxylation is 1. The summed E-state index contributed by atoms with van der Waals surface area (Å²) in [7, 11) is -3.18. The molecule has 0 fully saturated rings. The van der Waals surface area contributed by atoms with Crippen molar-refractivity contribution in [3.05, 3.63) is 65.7 Å². The molecule has 5 nitrogen and oxygen atoms in total. The highest BCUT2D eigenvalue weighted by Crippen LogP contribution is 2.15. The first-order chi connectivity index (χ1) is 12.7. The second kappa shape index (κ2) is 10.8. The molecule has 2 aromatic rings. The molecule has 28 heavy (non-hydrogen) atoms. The van der Waals surface area contributed by atoms with E-state index in [9.17, 15) is 8.42 Å². The summed E-state index contributed by atoms with van der Waals surface area (Å²) in [4.78, 5) is 4.60. The van der Waals surface area contributed by atoms with Crippen molar-refractivity contribution in [2.24, 2.45) is 4.99 Å². The van der Waals surface area contributed by atoms with Gasteiger partial charge in [0.25, 0.3) is 0 Å². The van der Waals surface area contributed by atoms with E-state index in [-0.39, 0.29) is 29.7 Å². The summed E-state index contributed by atoms with van der Waals surface area (Å²) in [6, 6.07) is 17.9. The molecule has 0 heterocycles. The first-order valence-corrected chi connectivity index (χ1v) is 10.7. The number of anilines is 1. The molecule has 0 unspecified atom stereocenters. The smallest absolute Gasteiger partial charge is 0.196 e. The zero-order valence-electron chi connectivity index (χ0n) is 16.9. The van der Waals surface area contributed by atoms with Gasteiger partial charge in [-0.1, -0.05) is 48.0 Å². The summed E-state index contributed by atoms with van der Waals surface area (Å²) in [5, 5.41) is 6.37. The molecule has 0 aromatic heterocycles. The fourth-order valence-corrected chi connectivity index (χ4v) is 3.25. The Kier molecular flexibility index (Phi) is 9.43. The van der Waals surface area contributed by atoms with E-state index in [2.05, 4.69) is 27.8 Å². The molecule has 0 bridgehead atoms. The number of aliphatic imine (C=N–C) groups is 1. The van der Waals surface area contributed by atoms with Crippen LogP contribution in [-0.4, -0.2) is 31.4 Å². The lowest BCUT2D eigenvalue weighted by Gasteiger charge is -2.20. The lowest BCUT2D eigenvalue weighted by atomic mass is 10.1. The van der Waals surface area contributed by atoms with Crippen molar-refractivity contribution in [2.45, 2.75) is 39.0 Å². The maximum atomic E-state index is 12.3. The maximum absolute atomic E-state index is 12.3. The predicted octanol–water partition coefficient (Wildman–Crippen LogP) is 4.38. The van der Waals surface area contributed by atoms with Gasteiger partial charge in [0.2, 0.25) is 0 Å². The molecule has 2 rings (SSSR count). The first-order valence-electron chi connectivity index (χ1n) is 9.06. The molecule has 7 heteroatoms. The van der Waals surface area contributed by atoms with Gasteiger partial charge in [0.15, 0.2) is 15.8 Å². The second-order valence-corrected chi connectivity index (χ2v) is 10.4. The minimum absolute atomic E-state index is 0. The number of nitrogens with zero attached hydrogens (tertiary/aromatic N) is 1. The lowest BCUT2D eigenvalue weighted by Crippen LogP contribution is -2.38. The summed E-state index contributed by atoms with van der Waals surface area (Å²) in [5.41, 5.74) is 3.19. The molecule has 0 amide bonds. The van der Waals surface area contributed by atoms with Crippen LogP contribution in [0.15, 0.2) is 59.6 Å². The van der Waals surface area contributed by atoms with E-state index in [0.717, 1.165) is 11.3 Å². The van der Waals surface area contributed by atoms with E-state index in [0.29, 0.717) is 19.0 Å². The van der Waals surface area contributed by atoms with Crippen molar-refractivity contribution in [2.75, 3.05) is 17.6 Å². The van der Waals surface area contributed by atoms with E-state index in [1.807, 2.05) is 49.4 Å². The van der Waals surface area contributed by atoms with Crippen molar-refractivity contribution in [3.8, 4) is 0 Å². The van der Waals surface area contributed by atoms with Crippen molar-refractivity contribution in [1.29, 1.82) is 0 Å². The first kappa shape index (κ1) is 24.4. The van der Waals surface area contributed by atoms with Gasteiger partial charge in [-0.25, -0.2) is 13.4 Å². The Morgan fingerprint density at radius 1 is 1.00 bits per heavy atom. The Labute approximate surface area is 186 Å². The van der Waals surface area contributed by atoms with Gasteiger partial charge < -0.3 is 10.6 Å². The van der Waals surface area contributed by atoms with E-state index >= 15 is 0 Å². The van der Waals surface area contributed by atoms with Crippen molar-refractivity contribution in [3.63, 3.8) is 0 Å². The SMILES string of the molecule is Cc1ccc(CN=C(NCCS(=O)(=O)C(C)(C)C)Nc2ccccc2)cc1.I. The Morgan fingerprint density at radius 3 is 2.18 bits per heavy atom. The molecule has 154 valence electrons. The molecule has 0 aliphatic carbocycles. The van der Waals surface area contributed by atoms with Crippen molar-refractivity contribution in [1.82, 2.24) is 5.32 Å². The molecule has 0 aliphatic rings. The predicted molar refractivity (Wildman–Crippen MR) is 129 cm³/mol. The number of benzene rings is 2. The summed E-state index contributed by atoms with van der Waals surface area (Å²) >= 11 is 0. The van der Waals surface area contributed by atoms with Crippen LogP contribution in [0.2, 0.25) is 0 Å². The number of guanidine groups is 1. The average Bonchev–Trinajstić information content (AvgIpc) is 2.60. The van der Waals surface area contributed by atoms with Gasteiger partial charge in [-0.2, -0.15) is 0 Å². The number of hydrogen-bond donors (Lipinski definition) is 2. The Hall–Kier alpha value is -1.61. The molecule has 0 radical (unpaired) electrons. The van der Waals surface area contributed by atoms with Gasteiger partial charge in [-0.05, 0) is 45.4 Å². The molecule has 0 atom stereocenters. The van der Waals surface area contributed by atoms with Gasteiger partial charge in [0.05, 0.1) is 17.0 Å². The van der Waals surface area contributed by atoms with E-state index < -0.39 is 14.6 Å². The maximum Gasteiger partial charge on any atom is 0.196 e. The molecular weight excluding hydrogens is 485 g/mol. The van der Waals surface area contributed by atoms with Crippen LogP contribution in [0.25, 0.3) is 0 Å². The van der Waals surface area contributed by atoms with E-state index in [1.165, 1.54) is 5.56 Å². The summed E-state index contributed by atoms with van der Waals surface area (Å²) in [6.45, 7) is 8.01. The van der Waals surface area contributed by atoms with Crippen LogP contribution in [0, 0.1) is 6.92 Å². The standard InChI is InChI=1S/C21H29N3O2S.HI/c1-17-10-12-18(13-11-17)16-23-20(24-19-8-6-5-7-9-19)22-14-15-27(25,26)21(2,3)4;/h5-13H,14-16H2,1-4H3,(H2,22,23,24);1H. The molecule has 0 saturated heterocycles. The van der Waals surface area contributed by atoms with Crippen molar-refractivity contribution < 1.29 is 8.42 Å². The Morgan fingerprint density at radius 2 is 1.61 bits per heavy atom. The third-order valence-corrected chi connectivity index (χ3v) is 6.78. The third-order valence-electron chi connectivity index (χ3n) is 4.17.